The second kappa shape index (κ2) is 10.2. The third-order valence-electron chi connectivity index (χ3n) is 3.73. The van der Waals surface area contributed by atoms with Crippen molar-refractivity contribution in [3.63, 3.8) is 0 Å². The van der Waals surface area contributed by atoms with Gasteiger partial charge in [0, 0.05) is 16.6 Å². The van der Waals surface area contributed by atoms with E-state index in [-0.39, 0.29) is 18.0 Å². The zero-order valence-corrected chi connectivity index (χ0v) is 19.4. The van der Waals surface area contributed by atoms with Gasteiger partial charge in [-0.05, 0) is 70.2 Å². The summed E-state index contributed by atoms with van der Waals surface area (Å²) in [7, 11) is 0. The van der Waals surface area contributed by atoms with Gasteiger partial charge in [0.2, 0.25) is 0 Å². The predicted molar refractivity (Wildman–Crippen MR) is 121 cm³/mol. The first-order chi connectivity index (χ1) is 13.3. The van der Waals surface area contributed by atoms with Crippen LogP contribution in [0.4, 0.5) is 0 Å². The summed E-state index contributed by atoms with van der Waals surface area (Å²) in [4.78, 5) is 19.9. The molecule has 1 aliphatic heterocycles. The molecule has 152 valence electrons. The highest BCUT2D eigenvalue weighted by atomic mass is 79.9. The molecular weight excluding hydrogens is 440 g/mol. The summed E-state index contributed by atoms with van der Waals surface area (Å²) >= 11 is 4.99. The zero-order valence-electron chi connectivity index (χ0n) is 17.0. The van der Waals surface area contributed by atoms with Crippen molar-refractivity contribution in [2.24, 2.45) is 4.99 Å². The van der Waals surface area contributed by atoms with Gasteiger partial charge in [0.05, 0.1) is 11.5 Å². The maximum Gasteiger partial charge on any atom is 0.266 e. The highest BCUT2D eigenvalue weighted by Crippen LogP contribution is 2.39. The first-order valence-corrected chi connectivity index (χ1v) is 10.9. The number of benzene rings is 1. The summed E-state index contributed by atoms with van der Waals surface area (Å²) in [5, 5.41) is 0.744. The van der Waals surface area contributed by atoms with E-state index in [2.05, 4.69) is 27.5 Å². The van der Waals surface area contributed by atoms with Crippen molar-refractivity contribution in [2.45, 2.75) is 46.7 Å². The molecule has 0 bridgehead atoms. The summed E-state index contributed by atoms with van der Waals surface area (Å²) in [6.45, 7) is 14.5. The lowest BCUT2D eigenvalue weighted by Crippen LogP contribution is -2.35. The topological polar surface area (TPSA) is 51.1 Å². The number of carbonyl (C=O) groups excluding carboxylic acids is 1. The van der Waals surface area contributed by atoms with Crippen LogP contribution in [0.1, 0.15) is 40.2 Å². The van der Waals surface area contributed by atoms with Crippen molar-refractivity contribution in [3.05, 3.63) is 39.7 Å². The molecule has 0 saturated carbocycles. The van der Waals surface area contributed by atoms with Gasteiger partial charge in [0.25, 0.3) is 5.91 Å². The van der Waals surface area contributed by atoms with Crippen LogP contribution in [0.3, 0.4) is 0 Å². The summed E-state index contributed by atoms with van der Waals surface area (Å²) in [6.07, 6.45) is 3.55. The molecule has 0 radical (unpaired) electrons. The molecule has 2 rings (SSSR count). The molecule has 0 unspecified atom stereocenters. The summed E-state index contributed by atoms with van der Waals surface area (Å²) in [5.74, 6) is 1.23. The molecule has 0 atom stereocenters. The fourth-order valence-corrected chi connectivity index (χ4v) is 4.25. The van der Waals surface area contributed by atoms with E-state index in [4.69, 9.17) is 9.47 Å². The normalized spacial score (nSPS) is 17.3. The second-order valence-electron chi connectivity index (χ2n) is 6.74. The van der Waals surface area contributed by atoms with Gasteiger partial charge in [-0.15, -0.1) is 0 Å². The molecule has 5 nitrogen and oxygen atoms in total. The highest BCUT2D eigenvalue weighted by Gasteiger charge is 2.35. The lowest BCUT2D eigenvalue weighted by molar-refractivity contribution is -0.123. The van der Waals surface area contributed by atoms with Crippen LogP contribution in [0.2, 0.25) is 0 Å². The molecule has 1 aliphatic rings. The predicted octanol–water partition coefficient (Wildman–Crippen LogP) is 5.50. The van der Waals surface area contributed by atoms with Crippen LogP contribution in [0.5, 0.6) is 11.5 Å². The average Bonchev–Trinajstić information content (AvgIpc) is 2.91. The van der Waals surface area contributed by atoms with Crippen LogP contribution < -0.4 is 9.47 Å². The first kappa shape index (κ1) is 22.6. The van der Waals surface area contributed by atoms with Crippen molar-refractivity contribution in [1.29, 1.82) is 0 Å². The monoisotopic (exact) mass is 466 g/mol. The number of nitrogens with zero attached hydrogens (tertiary/aromatic N) is 2. The largest absolute Gasteiger partial charge is 0.490 e. The van der Waals surface area contributed by atoms with Crippen molar-refractivity contribution >= 4 is 44.8 Å². The quantitative estimate of drug-likeness (QED) is 0.374. The number of amidine groups is 1. The van der Waals surface area contributed by atoms with Gasteiger partial charge in [-0.3, -0.25) is 14.7 Å². The SMILES string of the molecule is C=CCOc1cc(Br)c(/C=C2/SC(=NC(C)C)N(C(C)C)C2=O)cc1OCC. The Hall–Kier alpha value is -1.73. The molecule has 1 saturated heterocycles. The van der Waals surface area contributed by atoms with E-state index < -0.39 is 0 Å². The fraction of sp³-hybridized carbons (Fsp3) is 0.429. The molecular formula is C21H27BrN2O3S. The Balaban J connectivity index is 2.44. The van der Waals surface area contributed by atoms with Gasteiger partial charge < -0.3 is 9.47 Å². The van der Waals surface area contributed by atoms with E-state index in [0.717, 1.165) is 15.2 Å². The lowest BCUT2D eigenvalue weighted by atomic mass is 10.1. The van der Waals surface area contributed by atoms with Gasteiger partial charge in [0.15, 0.2) is 16.7 Å². The van der Waals surface area contributed by atoms with Crippen LogP contribution in [0, 0.1) is 0 Å². The van der Waals surface area contributed by atoms with Gasteiger partial charge in [0.1, 0.15) is 6.61 Å². The van der Waals surface area contributed by atoms with Crippen molar-refractivity contribution in [1.82, 2.24) is 4.90 Å². The summed E-state index contributed by atoms with van der Waals surface area (Å²) in [5.41, 5.74) is 0.847. The molecule has 1 aromatic carbocycles. The van der Waals surface area contributed by atoms with E-state index >= 15 is 0 Å². The highest BCUT2D eigenvalue weighted by molar-refractivity contribution is 9.10. The molecule has 1 fully saturated rings. The number of thioether (sulfide) groups is 1. The van der Waals surface area contributed by atoms with Gasteiger partial charge >= 0.3 is 0 Å². The summed E-state index contributed by atoms with van der Waals surface area (Å²) in [6, 6.07) is 3.90. The van der Waals surface area contributed by atoms with Crippen LogP contribution in [0.25, 0.3) is 6.08 Å². The number of aliphatic imine (C=N–C) groups is 1. The van der Waals surface area contributed by atoms with Crippen LogP contribution in [0.15, 0.2) is 39.2 Å². The number of hydrogen-bond donors (Lipinski definition) is 0. The van der Waals surface area contributed by atoms with Crippen molar-refractivity contribution in [3.8, 4) is 11.5 Å². The van der Waals surface area contributed by atoms with E-state index in [1.54, 1.807) is 11.0 Å². The van der Waals surface area contributed by atoms with Gasteiger partial charge in [-0.2, -0.15) is 0 Å². The van der Waals surface area contributed by atoms with Crippen LogP contribution in [-0.2, 0) is 4.79 Å². The Bertz CT molecular complexity index is 803. The van der Waals surface area contributed by atoms with Crippen molar-refractivity contribution in [2.75, 3.05) is 13.2 Å². The Kier molecular flexibility index (Phi) is 8.19. The van der Waals surface area contributed by atoms with E-state index in [1.165, 1.54) is 11.8 Å². The summed E-state index contributed by atoms with van der Waals surface area (Å²) < 4.78 is 12.2. The van der Waals surface area contributed by atoms with E-state index in [0.29, 0.717) is 29.6 Å². The minimum atomic E-state index is -0.0313. The molecule has 28 heavy (non-hydrogen) atoms. The van der Waals surface area contributed by atoms with Crippen molar-refractivity contribution < 1.29 is 14.3 Å². The standard InChI is InChI=1S/C21H27BrN2O3S/c1-7-9-27-18-12-16(22)15(10-17(18)26-8-2)11-19-20(25)24(14(5)6)21(28-19)23-13(3)4/h7,10-14H,1,8-9H2,2-6H3/b19-11+,23-21?. The third-order valence-corrected chi connectivity index (χ3v) is 5.41. The molecule has 1 amide bonds. The lowest BCUT2D eigenvalue weighted by Gasteiger charge is -2.20. The minimum Gasteiger partial charge on any atom is -0.490 e. The van der Waals surface area contributed by atoms with Gasteiger partial charge in [-0.25, -0.2) is 0 Å². The maximum absolute atomic E-state index is 12.9. The number of amides is 1. The number of carbonyl (C=O) groups is 1. The Morgan fingerprint density at radius 1 is 1.25 bits per heavy atom. The molecule has 0 N–H and O–H groups in total. The molecule has 0 spiro atoms. The molecule has 1 heterocycles. The molecule has 7 heteroatoms. The smallest absolute Gasteiger partial charge is 0.266 e. The molecule has 0 aliphatic carbocycles. The van der Waals surface area contributed by atoms with E-state index in [1.807, 2.05) is 52.8 Å². The number of hydrogen-bond acceptors (Lipinski definition) is 5. The molecule has 0 aromatic heterocycles. The Labute approximate surface area is 180 Å². The maximum atomic E-state index is 12.9. The average molecular weight is 467 g/mol. The second-order valence-corrected chi connectivity index (χ2v) is 8.60. The van der Waals surface area contributed by atoms with Crippen LogP contribution >= 0.6 is 27.7 Å². The van der Waals surface area contributed by atoms with E-state index in [9.17, 15) is 4.79 Å². The Morgan fingerprint density at radius 2 is 1.93 bits per heavy atom. The third kappa shape index (κ3) is 5.41. The number of halogens is 1. The first-order valence-electron chi connectivity index (χ1n) is 9.29. The van der Waals surface area contributed by atoms with Crippen LogP contribution in [-0.4, -0.2) is 41.3 Å². The fourth-order valence-electron chi connectivity index (χ4n) is 2.59. The van der Waals surface area contributed by atoms with Gasteiger partial charge in [-0.1, -0.05) is 28.6 Å². The zero-order chi connectivity index (χ0) is 20.8. The number of ether oxygens (including phenoxy) is 2. The molecule has 1 aromatic rings. The Morgan fingerprint density at radius 3 is 2.50 bits per heavy atom. The minimum absolute atomic E-state index is 0.0313. The number of rotatable bonds is 8.